The zero-order valence-electron chi connectivity index (χ0n) is 11.7. The van der Waals surface area contributed by atoms with E-state index in [0.717, 1.165) is 28.0 Å². The van der Waals surface area contributed by atoms with Crippen molar-refractivity contribution in [1.29, 1.82) is 0 Å². The van der Waals surface area contributed by atoms with Gasteiger partial charge in [0.1, 0.15) is 11.6 Å². The summed E-state index contributed by atoms with van der Waals surface area (Å²) in [5, 5.41) is 2.32. The van der Waals surface area contributed by atoms with E-state index >= 15 is 0 Å². The smallest absolute Gasteiger partial charge is 0.137 e. The van der Waals surface area contributed by atoms with Crippen LogP contribution in [0.15, 0.2) is 66.9 Å². The first-order valence-electron chi connectivity index (χ1n) is 6.86. The molecule has 3 heteroatoms. The highest BCUT2D eigenvalue weighted by atomic mass is 16.5. The van der Waals surface area contributed by atoms with Crippen LogP contribution in [-0.2, 0) is 0 Å². The number of hydrogen-bond donors (Lipinski definition) is 0. The Hall–Kier alpha value is -2.81. The van der Waals surface area contributed by atoms with Crippen LogP contribution in [0.25, 0.3) is 27.6 Å². The average molecular weight is 274 g/mol. The summed E-state index contributed by atoms with van der Waals surface area (Å²) in [6, 6.07) is 20.4. The van der Waals surface area contributed by atoms with Crippen molar-refractivity contribution in [2.24, 2.45) is 0 Å². The van der Waals surface area contributed by atoms with Crippen LogP contribution in [0.3, 0.4) is 0 Å². The fourth-order valence-electron chi connectivity index (χ4n) is 2.62. The van der Waals surface area contributed by atoms with Crippen molar-refractivity contribution < 1.29 is 4.74 Å². The minimum absolute atomic E-state index is 0.850. The molecule has 0 atom stereocenters. The van der Waals surface area contributed by atoms with Gasteiger partial charge in [-0.1, -0.05) is 18.2 Å². The van der Waals surface area contributed by atoms with Crippen LogP contribution in [0, 0.1) is 0 Å². The van der Waals surface area contributed by atoms with E-state index in [2.05, 4.69) is 28.8 Å². The second-order valence-corrected chi connectivity index (χ2v) is 4.97. The highest BCUT2D eigenvalue weighted by Gasteiger charge is 2.06. The highest BCUT2D eigenvalue weighted by molar-refractivity contribution is 5.84. The number of rotatable bonds is 2. The van der Waals surface area contributed by atoms with Crippen molar-refractivity contribution in [1.82, 2.24) is 9.55 Å². The molecule has 3 nitrogen and oxygen atoms in total. The molecule has 2 aromatic heterocycles. The molecule has 2 aromatic carbocycles. The molecule has 0 unspecified atom stereocenters. The molecule has 21 heavy (non-hydrogen) atoms. The second kappa shape index (κ2) is 4.63. The molecular weight excluding hydrogens is 260 g/mol. The molecule has 0 N–H and O–H groups in total. The number of ether oxygens (including phenoxy) is 1. The number of hydrogen-bond acceptors (Lipinski definition) is 2. The Morgan fingerprint density at radius 1 is 0.905 bits per heavy atom. The van der Waals surface area contributed by atoms with Crippen LogP contribution < -0.4 is 4.74 Å². The van der Waals surface area contributed by atoms with Crippen LogP contribution in [0.4, 0.5) is 0 Å². The van der Waals surface area contributed by atoms with E-state index < -0.39 is 0 Å². The summed E-state index contributed by atoms with van der Waals surface area (Å²) in [5.74, 6) is 1.76. The summed E-state index contributed by atoms with van der Waals surface area (Å²) in [4.78, 5) is 4.75. The lowest BCUT2D eigenvalue weighted by Crippen LogP contribution is -1.96. The van der Waals surface area contributed by atoms with Gasteiger partial charge < -0.3 is 9.30 Å². The first-order valence-corrected chi connectivity index (χ1v) is 6.86. The summed E-state index contributed by atoms with van der Waals surface area (Å²) in [6.45, 7) is 0. The molecule has 0 amide bonds. The number of pyridine rings is 1. The van der Waals surface area contributed by atoms with Gasteiger partial charge in [0.2, 0.25) is 0 Å². The molecule has 0 aliphatic rings. The van der Waals surface area contributed by atoms with E-state index in [4.69, 9.17) is 9.72 Å². The Balaban J connectivity index is 1.94. The van der Waals surface area contributed by atoms with Crippen LogP contribution >= 0.6 is 0 Å². The molecule has 0 saturated heterocycles. The Morgan fingerprint density at radius 2 is 1.76 bits per heavy atom. The Bertz CT molecular complexity index is 940. The second-order valence-electron chi connectivity index (χ2n) is 4.97. The third-order valence-electron chi connectivity index (χ3n) is 3.73. The average Bonchev–Trinajstić information content (AvgIpc) is 2.97. The predicted octanol–water partition coefficient (Wildman–Crippen LogP) is 4.19. The molecule has 0 saturated carbocycles. The molecule has 0 aliphatic heterocycles. The summed E-state index contributed by atoms with van der Waals surface area (Å²) in [6.07, 6.45) is 2.04. The normalized spacial score (nSPS) is 11.1. The van der Waals surface area contributed by atoms with Gasteiger partial charge in [-0.15, -0.1) is 0 Å². The van der Waals surface area contributed by atoms with E-state index in [1.807, 2.05) is 42.6 Å². The van der Waals surface area contributed by atoms with Crippen LogP contribution in [0.1, 0.15) is 0 Å². The number of nitrogens with zero attached hydrogens (tertiary/aromatic N) is 2. The van der Waals surface area contributed by atoms with Crippen molar-refractivity contribution in [3.05, 3.63) is 66.9 Å². The predicted molar refractivity (Wildman–Crippen MR) is 85.1 cm³/mol. The summed E-state index contributed by atoms with van der Waals surface area (Å²) >= 11 is 0. The van der Waals surface area contributed by atoms with Gasteiger partial charge in [-0.2, -0.15) is 0 Å². The van der Waals surface area contributed by atoms with Gasteiger partial charge in [0.15, 0.2) is 0 Å². The van der Waals surface area contributed by atoms with E-state index in [-0.39, 0.29) is 0 Å². The molecule has 0 bridgehead atoms. The van der Waals surface area contributed by atoms with E-state index in [1.54, 1.807) is 7.11 Å². The van der Waals surface area contributed by atoms with Crippen molar-refractivity contribution in [3.63, 3.8) is 0 Å². The van der Waals surface area contributed by atoms with Crippen LogP contribution in [0.5, 0.6) is 5.75 Å². The van der Waals surface area contributed by atoms with Crippen molar-refractivity contribution in [3.8, 4) is 11.6 Å². The standard InChI is InChI=1S/C18H14N2O/c1-21-15-8-6-14-10-11-20(17(14)12-15)18-9-7-13-4-2-3-5-16(13)19-18/h2-12H,1H3. The fraction of sp³-hybridized carbons (Fsp3) is 0.0556. The maximum absolute atomic E-state index is 5.32. The molecule has 0 aliphatic carbocycles. The monoisotopic (exact) mass is 274 g/mol. The third kappa shape index (κ3) is 1.94. The van der Waals surface area contributed by atoms with Gasteiger partial charge in [0.05, 0.1) is 18.1 Å². The topological polar surface area (TPSA) is 27.1 Å². The highest BCUT2D eigenvalue weighted by Crippen LogP contribution is 2.25. The number of para-hydroxylation sites is 1. The van der Waals surface area contributed by atoms with E-state index in [1.165, 1.54) is 5.39 Å². The molecule has 102 valence electrons. The summed E-state index contributed by atoms with van der Waals surface area (Å²) in [5.41, 5.74) is 2.09. The molecular formula is C18H14N2O. The first-order chi connectivity index (χ1) is 10.3. The fourth-order valence-corrected chi connectivity index (χ4v) is 2.62. The lowest BCUT2D eigenvalue weighted by atomic mass is 10.2. The van der Waals surface area contributed by atoms with Crippen molar-refractivity contribution in [2.75, 3.05) is 7.11 Å². The number of benzene rings is 2. The molecule has 0 radical (unpaired) electrons. The van der Waals surface area contributed by atoms with Gasteiger partial charge in [-0.25, -0.2) is 4.98 Å². The largest absolute Gasteiger partial charge is 0.497 e. The van der Waals surface area contributed by atoms with Gasteiger partial charge in [-0.3, -0.25) is 0 Å². The molecule has 4 rings (SSSR count). The Labute approximate surface area is 122 Å². The zero-order chi connectivity index (χ0) is 14.2. The quantitative estimate of drug-likeness (QED) is 0.548. The molecule has 4 aromatic rings. The molecule has 0 fully saturated rings. The minimum Gasteiger partial charge on any atom is -0.497 e. The maximum atomic E-state index is 5.32. The Morgan fingerprint density at radius 3 is 2.67 bits per heavy atom. The van der Waals surface area contributed by atoms with E-state index in [9.17, 15) is 0 Å². The van der Waals surface area contributed by atoms with Crippen molar-refractivity contribution >= 4 is 21.8 Å². The first kappa shape index (κ1) is 12.0. The van der Waals surface area contributed by atoms with Gasteiger partial charge in [-0.05, 0) is 36.4 Å². The SMILES string of the molecule is COc1ccc2ccn(-c3ccc4ccccc4n3)c2c1. The zero-order valence-corrected chi connectivity index (χ0v) is 11.7. The Kier molecular flexibility index (Phi) is 2.64. The van der Waals surface area contributed by atoms with Crippen molar-refractivity contribution in [2.45, 2.75) is 0 Å². The summed E-state index contributed by atoms with van der Waals surface area (Å²) < 4.78 is 7.41. The molecule has 0 spiro atoms. The maximum Gasteiger partial charge on any atom is 0.137 e. The van der Waals surface area contributed by atoms with Gasteiger partial charge >= 0.3 is 0 Å². The lowest BCUT2D eigenvalue weighted by Gasteiger charge is -2.07. The van der Waals surface area contributed by atoms with Gasteiger partial charge in [0, 0.05) is 23.0 Å². The van der Waals surface area contributed by atoms with Crippen LogP contribution in [-0.4, -0.2) is 16.7 Å². The number of aromatic nitrogens is 2. The lowest BCUT2D eigenvalue weighted by molar-refractivity contribution is 0.415. The summed E-state index contributed by atoms with van der Waals surface area (Å²) in [7, 11) is 1.68. The minimum atomic E-state index is 0.850. The molecule has 2 heterocycles. The van der Waals surface area contributed by atoms with Gasteiger partial charge in [0.25, 0.3) is 0 Å². The third-order valence-corrected chi connectivity index (χ3v) is 3.73. The number of methoxy groups -OCH3 is 1. The van der Waals surface area contributed by atoms with Crippen LogP contribution in [0.2, 0.25) is 0 Å². The number of fused-ring (bicyclic) bond motifs is 2. The van der Waals surface area contributed by atoms with E-state index in [0.29, 0.717) is 0 Å².